The molecule has 0 spiro atoms. The van der Waals surface area contributed by atoms with Crippen LogP contribution in [0.1, 0.15) is 13.8 Å². The third-order valence-electron chi connectivity index (χ3n) is 14.4. The zero-order chi connectivity index (χ0) is 61.8. The first-order valence-electron chi connectivity index (χ1n) is 27.9. The molecule has 8 aromatic heterocycles. The average Bonchev–Trinajstić information content (AvgIpc) is 1.97. The molecule has 90 heavy (non-hydrogen) atoms. The van der Waals surface area contributed by atoms with Crippen LogP contribution in [0, 0.1) is 11.6 Å². The molecular weight excluding hydrogens is 1190 g/mol. The Kier molecular flexibility index (Phi) is 16.1. The summed E-state index contributed by atoms with van der Waals surface area (Å²) in [5.41, 5.74) is 15.8. The van der Waals surface area contributed by atoms with Crippen molar-refractivity contribution in [1.29, 1.82) is 0 Å². The zero-order valence-electron chi connectivity index (χ0n) is 48.1. The topological polar surface area (TPSA) is 255 Å². The highest BCUT2D eigenvalue weighted by molar-refractivity contribution is 6.32. The van der Waals surface area contributed by atoms with Gasteiger partial charge in [-0.25, -0.2) is 28.7 Å². The summed E-state index contributed by atoms with van der Waals surface area (Å²) in [5.74, 6) is 0.943. The minimum absolute atomic E-state index is 0.240. The predicted molar refractivity (Wildman–Crippen MR) is 344 cm³/mol. The number of aromatic nitrogens is 16. The van der Waals surface area contributed by atoms with Gasteiger partial charge in [0.05, 0.1) is 176 Å². The van der Waals surface area contributed by atoms with Gasteiger partial charge in [-0.2, -0.15) is 20.4 Å². The molecule has 0 saturated carbocycles. The number of hydrogen-bond acceptors (Lipinski definition) is 16. The Morgan fingerprint density at radius 2 is 0.622 bits per heavy atom. The van der Waals surface area contributed by atoms with Gasteiger partial charge in [-0.3, -0.25) is 40.3 Å². The normalized spacial score (nSPS) is 11.2. The highest BCUT2D eigenvalue weighted by Crippen LogP contribution is 2.34. The first-order chi connectivity index (χ1) is 44.0. The number of hydrogen-bond donors (Lipinski definition) is 4. The number of H-pyrrole nitrogens is 4. The summed E-state index contributed by atoms with van der Waals surface area (Å²) in [4.78, 5) is 36.3. The Labute approximate surface area is 518 Å². The van der Waals surface area contributed by atoms with Crippen LogP contribution in [0.15, 0.2) is 171 Å². The van der Waals surface area contributed by atoms with Crippen LogP contribution in [0.3, 0.4) is 0 Å². The van der Waals surface area contributed by atoms with E-state index in [2.05, 4.69) is 80.7 Å². The molecule has 16 rings (SSSR count). The Hall–Kier alpha value is -11.4. The monoisotopic (exact) mass is 1240 g/mol. The summed E-state index contributed by atoms with van der Waals surface area (Å²) < 4.78 is 48.8. The molecule has 0 amide bonds. The van der Waals surface area contributed by atoms with Gasteiger partial charge in [0.2, 0.25) is 0 Å². The largest absolute Gasteiger partial charge is 0.495 e. The molecule has 0 fully saturated rings. The maximum absolute atomic E-state index is 14.0. The van der Waals surface area contributed by atoms with Crippen LogP contribution in [0.4, 0.5) is 8.78 Å². The van der Waals surface area contributed by atoms with Gasteiger partial charge >= 0.3 is 0 Å². The second kappa shape index (κ2) is 25.2. The Balaban J connectivity index is 0.000000110. The number of nitrogens with one attached hydrogen (secondary N) is 4. The summed E-state index contributed by atoms with van der Waals surface area (Å²) >= 11 is 12.4. The predicted octanol–water partition coefficient (Wildman–Crippen LogP) is 15.1. The lowest BCUT2D eigenvalue weighted by Crippen LogP contribution is -1.95. The summed E-state index contributed by atoms with van der Waals surface area (Å²) in [6.45, 7) is 4.48. The molecule has 0 aliphatic carbocycles. The smallest absolute Gasteiger partial charge is 0.165 e. The number of aromatic amines is 4. The standard InChI is InChI=1S/2C17H13FN4O.2C16H11ClN4O/c1-2-23-17-4-3-10(5-12(17)18)16-9-19-14-7-13-11(8-20-22-13)6-15(14)21-16;1-2-23-17-4-3-10(5-12(17)18)16-9-19-14-6-11-8-20-22-13(11)7-15(14)21-16;1-22-16-3-2-9(4-11(16)17)15-8-18-13-6-12-10(7-19-21-12)5-14(13)20-15;1-22-16-3-2-9(4-11(16)17)15-8-18-13-5-10-7-19-21-12(10)6-14(13)20-15/h2*3-9H,2H2,1H3,(H,20,22);2*2-8H,1H3,(H,19,21). The van der Waals surface area contributed by atoms with Crippen molar-refractivity contribution in [3.8, 4) is 68.0 Å². The molecule has 16 aromatic rings. The first kappa shape index (κ1) is 57.7. The molecule has 8 aromatic carbocycles. The lowest BCUT2D eigenvalue weighted by Gasteiger charge is -2.07. The number of benzene rings is 8. The highest BCUT2D eigenvalue weighted by atomic mass is 35.5. The van der Waals surface area contributed by atoms with E-state index in [1.165, 1.54) is 12.1 Å². The Morgan fingerprint density at radius 3 is 0.922 bits per heavy atom. The van der Waals surface area contributed by atoms with Crippen LogP contribution in [0.25, 0.3) is 133 Å². The van der Waals surface area contributed by atoms with E-state index in [-0.39, 0.29) is 11.5 Å². The molecule has 0 atom stereocenters. The van der Waals surface area contributed by atoms with Gasteiger partial charge in [0.15, 0.2) is 23.1 Å². The second-order valence-corrected chi connectivity index (χ2v) is 20.9. The second-order valence-electron chi connectivity index (χ2n) is 20.1. The molecule has 0 radical (unpaired) electrons. The quantitative estimate of drug-likeness (QED) is 0.0993. The molecule has 444 valence electrons. The van der Waals surface area contributed by atoms with Crippen molar-refractivity contribution in [2.24, 2.45) is 0 Å². The van der Waals surface area contributed by atoms with Crippen molar-refractivity contribution in [2.45, 2.75) is 13.8 Å². The molecule has 24 heteroatoms. The fourth-order valence-corrected chi connectivity index (χ4v) is 10.4. The van der Waals surface area contributed by atoms with Crippen molar-refractivity contribution < 1.29 is 27.7 Å². The van der Waals surface area contributed by atoms with Crippen LogP contribution in [-0.4, -0.2) is 108 Å². The molecule has 4 N–H and O–H groups in total. The van der Waals surface area contributed by atoms with E-state index >= 15 is 0 Å². The van der Waals surface area contributed by atoms with Crippen molar-refractivity contribution in [3.63, 3.8) is 0 Å². The summed E-state index contributed by atoms with van der Waals surface area (Å²) in [6.07, 6.45) is 13.8. The third kappa shape index (κ3) is 12.1. The zero-order valence-corrected chi connectivity index (χ0v) is 49.6. The van der Waals surface area contributed by atoms with Crippen molar-refractivity contribution in [1.82, 2.24) is 80.7 Å². The summed E-state index contributed by atoms with van der Waals surface area (Å²) in [6, 6.07) is 36.2. The summed E-state index contributed by atoms with van der Waals surface area (Å²) in [7, 11) is 3.18. The lowest BCUT2D eigenvalue weighted by atomic mass is 10.1. The molecule has 8 heterocycles. The molecule has 0 unspecified atom stereocenters. The van der Waals surface area contributed by atoms with Crippen molar-refractivity contribution in [2.75, 3.05) is 27.4 Å². The average molecular weight is 1240 g/mol. The van der Waals surface area contributed by atoms with Crippen molar-refractivity contribution in [3.05, 3.63) is 193 Å². The minimum Gasteiger partial charge on any atom is -0.495 e. The van der Waals surface area contributed by atoms with Gasteiger partial charge in [0.1, 0.15) is 11.5 Å². The molecule has 20 nitrogen and oxygen atoms in total. The minimum atomic E-state index is -0.407. The van der Waals surface area contributed by atoms with Crippen LogP contribution >= 0.6 is 23.2 Å². The van der Waals surface area contributed by atoms with E-state index in [0.29, 0.717) is 57.3 Å². The maximum Gasteiger partial charge on any atom is 0.165 e. The number of fused-ring (bicyclic) bond motifs is 8. The Morgan fingerprint density at radius 1 is 0.344 bits per heavy atom. The van der Waals surface area contributed by atoms with E-state index in [0.717, 1.165) is 110 Å². The molecule has 0 bridgehead atoms. The first-order valence-corrected chi connectivity index (χ1v) is 28.7. The lowest BCUT2D eigenvalue weighted by molar-refractivity contribution is 0.321. The van der Waals surface area contributed by atoms with E-state index in [4.69, 9.17) is 42.1 Å². The van der Waals surface area contributed by atoms with Crippen molar-refractivity contribution >= 4 is 111 Å². The third-order valence-corrected chi connectivity index (χ3v) is 14.9. The fraction of sp³-hybridized carbons (Fsp3) is 0.0909. The molecule has 0 saturated heterocycles. The highest BCUT2D eigenvalue weighted by Gasteiger charge is 2.14. The van der Waals surface area contributed by atoms with Crippen LogP contribution in [-0.2, 0) is 0 Å². The van der Waals surface area contributed by atoms with Gasteiger partial charge in [-0.15, -0.1) is 0 Å². The number of ether oxygens (including phenoxy) is 4. The van der Waals surface area contributed by atoms with Gasteiger partial charge in [0, 0.05) is 43.8 Å². The van der Waals surface area contributed by atoms with Gasteiger partial charge in [0.25, 0.3) is 0 Å². The van der Waals surface area contributed by atoms with Gasteiger partial charge in [-0.05, 0) is 135 Å². The number of methoxy groups -OCH3 is 2. The van der Waals surface area contributed by atoms with E-state index in [1.807, 2.05) is 98.8 Å². The number of nitrogens with zero attached hydrogens (tertiary/aromatic N) is 12. The van der Waals surface area contributed by atoms with E-state index in [9.17, 15) is 8.78 Å². The molecule has 0 aliphatic rings. The number of rotatable bonds is 10. The molecular formula is C66H48Cl2F2N16O4. The fourth-order valence-electron chi connectivity index (χ4n) is 9.87. The van der Waals surface area contributed by atoms with Crippen LogP contribution in [0.2, 0.25) is 10.0 Å². The van der Waals surface area contributed by atoms with E-state index < -0.39 is 11.6 Å². The number of halogens is 4. The summed E-state index contributed by atoms with van der Waals surface area (Å²) in [5, 5.41) is 32.8. The Bertz CT molecular complexity index is 5010. The molecule has 0 aliphatic heterocycles. The van der Waals surface area contributed by atoms with Gasteiger partial charge < -0.3 is 18.9 Å². The van der Waals surface area contributed by atoms with Crippen LogP contribution < -0.4 is 18.9 Å². The van der Waals surface area contributed by atoms with Crippen LogP contribution in [0.5, 0.6) is 23.0 Å². The maximum atomic E-state index is 14.0. The van der Waals surface area contributed by atoms with Gasteiger partial charge in [-0.1, -0.05) is 23.2 Å². The SMILES string of the molecule is CCOc1ccc(-c2cnc3cc4[nH]ncc4cc3n2)cc1F.CCOc1ccc(-c2cnc3cc4cn[nH]c4cc3n2)cc1F.COc1ccc(-c2cnc3cc4[nH]ncc4cc3n2)cc1Cl.COc1ccc(-c2cnc3cc4cn[nH]c4cc3n2)cc1Cl. The van der Waals surface area contributed by atoms with E-state index in [1.54, 1.807) is 88.1 Å².